The lowest BCUT2D eigenvalue weighted by Crippen LogP contribution is -2.04. The molecule has 0 aromatic carbocycles. The van der Waals surface area contributed by atoms with E-state index in [1.807, 2.05) is 0 Å². The molecule has 0 fully saturated rings. The first kappa shape index (κ1) is 12.0. The lowest BCUT2D eigenvalue weighted by atomic mass is 10.4. The Bertz CT molecular complexity index is 416. The molecule has 5 heteroatoms. The quantitative estimate of drug-likeness (QED) is 0.575. The van der Waals surface area contributed by atoms with Gasteiger partial charge in [-0.15, -0.1) is 0 Å². The van der Waals surface area contributed by atoms with Crippen molar-refractivity contribution in [2.24, 2.45) is 0 Å². The minimum absolute atomic E-state index is 0.0390. The van der Waals surface area contributed by atoms with Crippen LogP contribution in [0.15, 0.2) is 28.7 Å². The van der Waals surface area contributed by atoms with Crippen LogP contribution in [0.25, 0.3) is 0 Å². The van der Waals surface area contributed by atoms with Crippen LogP contribution in [0.1, 0.15) is 23.2 Å². The van der Waals surface area contributed by atoms with Gasteiger partial charge in [0.1, 0.15) is 12.4 Å². The highest BCUT2D eigenvalue weighted by atomic mass is 16.5. The van der Waals surface area contributed by atoms with Gasteiger partial charge in [0.25, 0.3) is 0 Å². The Morgan fingerprint density at radius 2 is 2.12 bits per heavy atom. The zero-order valence-corrected chi connectivity index (χ0v) is 9.11. The van der Waals surface area contributed by atoms with E-state index in [-0.39, 0.29) is 12.4 Å². The number of carbonyl (C=O) groups excluding carboxylic acids is 2. The Hall–Kier alpha value is -2.04. The van der Waals surface area contributed by atoms with Crippen LogP contribution >= 0.6 is 0 Å². The van der Waals surface area contributed by atoms with Crippen molar-refractivity contribution >= 4 is 11.9 Å². The summed E-state index contributed by atoms with van der Waals surface area (Å²) >= 11 is 0. The molecule has 0 aliphatic carbocycles. The molecule has 0 atom stereocenters. The number of esters is 2. The smallest absolute Gasteiger partial charge is 0.373 e. The van der Waals surface area contributed by atoms with Crippen molar-refractivity contribution in [1.29, 1.82) is 0 Å². The van der Waals surface area contributed by atoms with Crippen molar-refractivity contribution < 1.29 is 23.5 Å². The molecule has 0 saturated carbocycles. The second-order valence-corrected chi connectivity index (χ2v) is 3.11. The van der Waals surface area contributed by atoms with Crippen LogP contribution in [-0.4, -0.2) is 19.0 Å². The monoisotopic (exact) mass is 224 g/mol. The Labute approximate surface area is 92.6 Å². The van der Waals surface area contributed by atoms with Crippen LogP contribution in [0.5, 0.6) is 0 Å². The number of methoxy groups -OCH3 is 1. The summed E-state index contributed by atoms with van der Waals surface area (Å²) in [5, 5.41) is 0. The van der Waals surface area contributed by atoms with Gasteiger partial charge in [-0.25, -0.2) is 9.59 Å². The van der Waals surface area contributed by atoms with E-state index in [1.165, 1.54) is 19.2 Å². The molecular weight excluding hydrogens is 212 g/mol. The minimum Gasteiger partial charge on any atom is -0.463 e. The Morgan fingerprint density at radius 3 is 2.69 bits per heavy atom. The molecule has 0 aliphatic heterocycles. The predicted molar refractivity (Wildman–Crippen MR) is 54.7 cm³/mol. The van der Waals surface area contributed by atoms with Crippen molar-refractivity contribution in [3.63, 3.8) is 0 Å². The summed E-state index contributed by atoms with van der Waals surface area (Å²) in [5.41, 5.74) is 0.305. The second-order valence-electron chi connectivity index (χ2n) is 3.11. The van der Waals surface area contributed by atoms with E-state index in [1.54, 1.807) is 6.92 Å². The molecule has 1 aromatic rings. The van der Waals surface area contributed by atoms with E-state index in [2.05, 4.69) is 11.3 Å². The van der Waals surface area contributed by atoms with Gasteiger partial charge in [-0.3, -0.25) is 0 Å². The molecule has 0 radical (unpaired) electrons. The molecule has 1 heterocycles. The van der Waals surface area contributed by atoms with Crippen LogP contribution in [0.4, 0.5) is 0 Å². The summed E-state index contributed by atoms with van der Waals surface area (Å²) in [6.07, 6.45) is 0. The van der Waals surface area contributed by atoms with E-state index < -0.39 is 11.9 Å². The number of hydrogen-bond acceptors (Lipinski definition) is 5. The van der Waals surface area contributed by atoms with E-state index >= 15 is 0 Å². The lowest BCUT2D eigenvalue weighted by molar-refractivity contribution is -0.140. The van der Waals surface area contributed by atoms with Gasteiger partial charge in [0.2, 0.25) is 5.76 Å². The second kappa shape index (κ2) is 5.16. The van der Waals surface area contributed by atoms with Crippen LogP contribution in [0.2, 0.25) is 0 Å². The molecule has 16 heavy (non-hydrogen) atoms. The minimum atomic E-state index is -0.572. The number of rotatable bonds is 4. The average molecular weight is 224 g/mol. The van der Waals surface area contributed by atoms with Crippen molar-refractivity contribution in [2.45, 2.75) is 13.5 Å². The highest BCUT2D eigenvalue weighted by Crippen LogP contribution is 2.10. The van der Waals surface area contributed by atoms with Gasteiger partial charge in [-0.1, -0.05) is 6.58 Å². The number of furan rings is 1. The fourth-order valence-electron chi connectivity index (χ4n) is 0.926. The van der Waals surface area contributed by atoms with Crippen molar-refractivity contribution in [3.8, 4) is 0 Å². The zero-order valence-electron chi connectivity index (χ0n) is 9.11. The van der Waals surface area contributed by atoms with Crippen LogP contribution < -0.4 is 0 Å². The van der Waals surface area contributed by atoms with Gasteiger partial charge in [0.05, 0.1) is 7.11 Å². The zero-order chi connectivity index (χ0) is 12.1. The summed E-state index contributed by atoms with van der Waals surface area (Å²) in [6.45, 7) is 4.94. The van der Waals surface area contributed by atoms with E-state index in [0.717, 1.165) is 0 Å². The molecule has 0 N–H and O–H groups in total. The fourth-order valence-corrected chi connectivity index (χ4v) is 0.926. The molecule has 1 rings (SSSR count). The third-order valence-electron chi connectivity index (χ3n) is 1.74. The fraction of sp³-hybridized carbons (Fsp3) is 0.273. The first-order valence-electron chi connectivity index (χ1n) is 4.54. The van der Waals surface area contributed by atoms with Crippen molar-refractivity contribution in [1.82, 2.24) is 0 Å². The van der Waals surface area contributed by atoms with Crippen molar-refractivity contribution in [3.05, 3.63) is 35.8 Å². The highest BCUT2D eigenvalue weighted by molar-refractivity contribution is 5.87. The number of hydrogen-bond donors (Lipinski definition) is 0. The summed E-state index contributed by atoms with van der Waals surface area (Å²) in [7, 11) is 1.26. The van der Waals surface area contributed by atoms with Crippen LogP contribution in [0, 0.1) is 0 Å². The molecule has 0 bridgehead atoms. The van der Waals surface area contributed by atoms with Gasteiger partial charge < -0.3 is 13.9 Å². The first-order chi connectivity index (χ1) is 7.54. The normalized spacial score (nSPS) is 9.62. The topological polar surface area (TPSA) is 65.7 Å². The number of carbonyl (C=O) groups is 2. The maximum atomic E-state index is 11.1. The third-order valence-corrected chi connectivity index (χ3v) is 1.74. The lowest BCUT2D eigenvalue weighted by Gasteiger charge is -2.01. The van der Waals surface area contributed by atoms with Crippen molar-refractivity contribution in [2.75, 3.05) is 7.11 Å². The summed E-state index contributed by atoms with van der Waals surface area (Å²) in [5.74, 6) is -0.632. The Kier molecular flexibility index (Phi) is 3.88. The van der Waals surface area contributed by atoms with E-state index in [9.17, 15) is 9.59 Å². The molecule has 0 spiro atoms. The Balaban J connectivity index is 2.56. The molecule has 0 amide bonds. The van der Waals surface area contributed by atoms with Gasteiger partial charge in [0.15, 0.2) is 0 Å². The van der Waals surface area contributed by atoms with Gasteiger partial charge in [-0.2, -0.15) is 0 Å². The molecular formula is C11H12O5. The van der Waals surface area contributed by atoms with E-state index in [4.69, 9.17) is 9.15 Å². The SMILES string of the molecule is C=C(C)C(=O)OCc1ccc(C(=O)OC)o1. The molecule has 0 saturated heterocycles. The molecule has 86 valence electrons. The van der Waals surface area contributed by atoms with Crippen LogP contribution in [-0.2, 0) is 20.9 Å². The highest BCUT2D eigenvalue weighted by Gasteiger charge is 2.12. The average Bonchev–Trinajstić information content (AvgIpc) is 2.73. The largest absolute Gasteiger partial charge is 0.463 e. The van der Waals surface area contributed by atoms with Gasteiger partial charge in [-0.05, 0) is 19.1 Å². The van der Waals surface area contributed by atoms with Gasteiger partial charge >= 0.3 is 11.9 Å². The summed E-state index contributed by atoms with van der Waals surface area (Å²) in [6, 6.07) is 2.99. The molecule has 0 unspecified atom stereocenters. The molecule has 5 nitrogen and oxygen atoms in total. The first-order valence-corrected chi connectivity index (χ1v) is 4.54. The van der Waals surface area contributed by atoms with Gasteiger partial charge in [0, 0.05) is 5.57 Å². The Morgan fingerprint density at radius 1 is 1.44 bits per heavy atom. The number of ether oxygens (including phenoxy) is 2. The predicted octanol–water partition coefficient (Wildman–Crippen LogP) is 1.69. The summed E-state index contributed by atoms with van der Waals surface area (Å²) in [4.78, 5) is 22.1. The third kappa shape index (κ3) is 2.98. The molecule has 1 aromatic heterocycles. The standard InChI is InChI=1S/C11H12O5/c1-7(2)10(12)15-6-8-4-5-9(16-8)11(13)14-3/h4-5H,1,6H2,2-3H3. The maximum absolute atomic E-state index is 11.1. The summed E-state index contributed by atoms with van der Waals surface area (Å²) < 4.78 is 14.4. The molecule has 0 aliphatic rings. The van der Waals surface area contributed by atoms with Crippen LogP contribution in [0.3, 0.4) is 0 Å². The maximum Gasteiger partial charge on any atom is 0.373 e. The van der Waals surface area contributed by atoms with E-state index in [0.29, 0.717) is 11.3 Å².